The van der Waals surface area contributed by atoms with Gasteiger partial charge in [-0.2, -0.15) is 4.98 Å². The van der Waals surface area contributed by atoms with Crippen LogP contribution in [0.15, 0.2) is 41.3 Å². The van der Waals surface area contributed by atoms with Crippen LogP contribution in [0.1, 0.15) is 13.8 Å². The molecule has 0 aliphatic carbocycles. The summed E-state index contributed by atoms with van der Waals surface area (Å²) in [6.45, 7) is 3.88. The van der Waals surface area contributed by atoms with Gasteiger partial charge in [-0.15, -0.1) is 0 Å². The number of hydrogen-bond acceptors (Lipinski definition) is 6. The molecule has 0 atom stereocenters. The molecule has 0 bridgehead atoms. The lowest BCUT2D eigenvalue weighted by Crippen LogP contribution is -2.05. The molecule has 22 heavy (non-hydrogen) atoms. The first-order valence-corrected chi connectivity index (χ1v) is 7.08. The van der Waals surface area contributed by atoms with Crippen LogP contribution in [0, 0.1) is 0 Å². The van der Waals surface area contributed by atoms with Crippen molar-refractivity contribution in [1.29, 1.82) is 0 Å². The fraction of sp³-hybridized carbons (Fsp3) is 0.200. The Morgan fingerprint density at radius 2 is 2.09 bits per heavy atom. The zero-order valence-electron chi connectivity index (χ0n) is 12.0. The predicted octanol–water partition coefficient (Wildman–Crippen LogP) is 3.63. The van der Waals surface area contributed by atoms with Crippen LogP contribution in [0.5, 0.6) is 5.75 Å². The first-order valence-electron chi connectivity index (χ1n) is 6.70. The smallest absolute Gasteiger partial charge is 0.278 e. The summed E-state index contributed by atoms with van der Waals surface area (Å²) in [5.74, 6) is 1.36. The summed E-state index contributed by atoms with van der Waals surface area (Å²) < 4.78 is 10.8. The maximum Gasteiger partial charge on any atom is 0.278 e. The highest BCUT2D eigenvalue weighted by Crippen LogP contribution is 2.30. The van der Waals surface area contributed by atoms with Crippen LogP contribution in [0.25, 0.3) is 23.0 Å². The standard InChI is InChI=1S/C15H13ClN4O2/c1-9(2)21-13-4-3-10(7-11(13)16)14-19-15(22-20-14)12-8-17-5-6-18-12/h3-9H,1-2H3. The van der Waals surface area contributed by atoms with Crippen LogP contribution in [-0.2, 0) is 0 Å². The molecule has 2 aromatic heterocycles. The van der Waals surface area contributed by atoms with Crippen LogP contribution in [0.2, 0.25) is 5.02 Å². The molecule has 0 amide bonds. The summed E-state index contributed by atoms with van der Waals surface area (Å²) in [6.07, 6.45) is 4.75. The van der Waals surface area contributed by atoms with Crippen molar-refractivity contribution in [3.05, 3.63) is 41.8 Å². The molecule has 0 spiro atoms. The Labute approximate surface area is 132 Å². The van der Waals surface area contributed by atoms with Crippen molar-refractivity contribution in [3.63, 3.8) is 0 Å². The van der Waals surface area contributed by atoms with Gasteiger partial charge in [-0.25, -0.2) is 4.98 Å². The summed E-state index contributed by atoms with van der Waals surface area (Å²) in [7, 11) is 0. The Morgan fingerprint density at radius 1 is 1.23 bits per heavy atom. The second-order valence-corrected chi connectivity index (χ2v) is 5.23. The van der Waals surface area contributed by atoms with Gasteiger partial charge in [-0.1, -0.05) is 16.8 Å². The van der Waals surface area contributed by atoms with Crippen molar-refractivity contribution < 1.29 is 9.26 Å². The van der Waals surface area contributed by atoms with E-state index in [1.165, 1.54) is 0 Å². The molecular formula is C15H13ClN4O2. The largest absolute Gasteiger partial charge is 0.489 e. The molecular weight excluding hydrogens is 304 g/mol. The van der Waals surface area contributed by atoms with Crippen molar-refractivity contribution in [3.8, 4) is 28.7 Å². The van der Waals surface area contributed by atoms with Crippen molar-refractivity contribution in [2.24, 2.45) is 0 Å². The molecule has 7 heteroatoms. The van der Waals surface area contributed by atoms with Gasteiger partial charge in [-0.05, 0) is 32.0 Å². The lowest BCUT2D eigenvalue weighted by Gasteiger charge is -2.11. The zero-order chi connectivity index (χ0) is 15.5. The van der Waals surface area contributed by atoms with Gasteiger partial charge in [0.2, 0.25) is 5.82 Å². The van der Waals surface area contributed by atoms with E-state index in [0.717, 1.165) is 5.56 Å². The second kappa shape index (κ2) is 6.11. The molecule has 0 unspecified atom stereocenters. The normalized spacial score (nSPS) is 10.9. The number of rotatable bonds is 4. The Bertz CT molecular complexity index is 774. The molecule has 6 nitrogen and oxygen atoms in total. The van der Waals surface area contributed by atoms with Crippen molar-refractivity contribution in [2.75, 3.05) is 0 Å². The lowest BCUT2D eigenvalue weighted by molar-refractivity contribution is 0.242. The maximum absolute atomic E-state index is 6.21. The van der Waals surface area contributed by atoms with E-state index in [1.807, 2.05) is 19.9 Å². The SMILES string of the molecule is CC(C)Oc1ccc(-c2noc(-c3cnccn3)n2)cc1Cl. The first kappa shape index (κ1) is 14.5. The fourth-order valence-electron chi connectivity index (χ4n) is 1.84. The van der Waals surface area contributed by atoms with E-state index in [1.54, 1.807) is 30.7 Å². The van der Waals surface area contributed by atoms with Crippen molar-refractivity contribution in [1.82, 2.24) is 20.1 Å². The van der Waals surface area contributed by atoms with E-state index in [9.17, 15) is 0 Å². The molecule has 0 radical (unpaired) electrons. The van der Waals surface area contributed by atoms with Gasteiger partial charge >= 0.3 is 0 Å². The van der Waals surface area contributed by atoms with Crippen molar-refractivity contribution >= 4 is 11.6 Å². The zero-order valence-corrected chi connectivity index (χ0v) is 12.8. The summed E-state index contributed by atoms with van der Waals surface area (Å²) in [5, 5.41) is 4.44. The Balaban J connectivity index is 1.89. The van der Waals surface area contributed by atoms with Crippen LogP contribution in [0.4, 0.5) is 0 Å². The van der Waals surface area contributed by atoms with Crippen LogP contribution in [-0.4, -0.2) is 26.2 Å². The van der Waals surface area contributed by atoms with Gasteiger partial charge in [0.05, 0.1) is 17.3 Å². The Morgan fingerprint density at radius 3 is 2.77 bits per heavy atom. The highest BCUT2D eigenvalue weighted by Gasteiger charge is 2.13. The Hall–Kier alpha value is -2.47. The average molecular weight is 317 g/mol. The molecule has 3 rings (SSSR count). The van der Waals surface area contributed by atoms with Gasteiger partial charge < -0.3 is 9.26 Å². The third kappa shape index (κ3) is 3.07. The average Bonchev–Trinajstić information content (AvgIpc) is 3.00. The highest BCUT2D eigenvalue weighted by atomic mass is 35.5. The quantitative estimate of drug-likeness (QED) is 0.731. The van der Waals surface area contributed by atoms with Crippen molar-refractivity contribution in [2.45, 2.75) is 20.0 Å². The van der Waals surface area contributed by atoms with Gasteiger partial charge in [0.25, 0.3) is 5.89 Å². The van der Waals surface area contributed by atoms with E-state index in [4.69, 9.17) is 20.9 Å². The number of halogens is 1. The van der Waals surface area contributed by atoms with E-state index < -0.39 is 0 Å². The van der Waals surface area contributed by atoms with Crippen LogP contribution >= 0.6 is 11.6 Å². The maximum atomic E-state index is 6.21. The first-order chi connectivity index (χ1) is 10.6. The van der Waals surface area contributed by atoms with Gasteiger partial charge in [-0.3, -0.25) is 4.98 Å². The summed E-state index contributed by atoms with van der Waals surface area (Å²) in [5.41, 5.74) is 1.26. The minimum absolute atomic E-state index is 0.0526. The van der Waals surface area contributed by atoms with Crippen LogP contribution < -0.4 is 4.74 Å². The number of aromatic nitrogens is 4. The molecule has 0 fully saturated rings. The van der Waals surface area contributed by atoms with E-state index >= 15 is 0 Å². The van der Waals surface area contributed by atoms with E-state index in [-0.39, 0.29) is 6.10 Å². The monoisotopic (exact) mass is 316 g/mol. The molecule has 0 saturated heterocycles. The molecule has 112 valence electrons. The molecule has 2 heterocycles. The topological polar surface area (TPSA) is 73.9 Å². The van der Waals surface area contributed by atoms with E-state index in [2.05, 4.69) is 20.1 Å². The Kier molecular flexibility index (Phi) is 4.02. The molecule has 0 aliphatic rings. The number of benzene rings is 1. The number of nitrogens with zero attached hydrogens (tertiary/aromatic N) is 4. The number of hydrogen-bond donors (Lipinski definition) is 0. The molecule has 3 aromatic rings. The third-order valence-corrected chi connectivity index (χ3v) is 3.06. The molecule has 0 aliphatic heterocycles. The highest BCUT2D eigenvalue weighted by molar-refractivity contribution is 6.32. The predicted molar refractivity (Wildman–Crippen MR) is 81.5 cm³/mol. The van der Waals surface area contributed by atoms with Crippen LogP contribution in [0.3, 0.4) is 0 Å². The molecule has 0 N–H and O–H groups in total. The van der Waals surface area contributed by atoms with Gasteiger partial charge in [0.1, 0.15) is 11.4 Å². The second-order valence-electron chi connectivity index (χ2n) is 4.83. The van der Waals surface area contributed by atoms with Gasteiger partial charge in [0, 0.05) is 18.0 Å². The fourth-order valence-corrected chi connectivity index (χ4v) is 2.07. The van der Waals surface area contributed by atoms with E-state index in [0.29, 0.717) is 28.2 Å². The minimum atomic E-state index is 0.0526. The summed E-state index contributed by atoms with van der Waals surface area (Å²) in [6, 6.07) is 5.36. The lowest BCUT2D eigenvalue weighted by atomic mass is 10.2. The minimum Gasteiger partial charge on any atom is -0.489 e. The summed E-state index contributed by atoms with van der Waals surface area (Å²) >= 11 is 6.21. The third-order valence-electron chi connectivity index (χ3n) is 2.76. The van der Waals surface area contributed by atoms with Gasteiger partial charge in [0.15, 0.2) is 0 Å². The summed E-state index contributed by atoms with van der Waals surface area (Å²) in [4.78, 5) is 12.4. The number of ether oxygens (including phenoxy) is 1. The molecule has 1 aromatic carbocycles. The molecule has 0 saturated carbocycles.